The predicted octanol–water partition coefficient (Wildman–Crippen LogP) is 2.79. The van der Waals surface area contributed by atoms with Crippen molar-refractivity contribution >= 4 is 10.0 Å². The third-order valence-electron chi connectivity index (χ3n) is 4.71. The van der Waals surface area contributed by atoms with Crippen molar-refractivity contribution in [3.8, 4) is 11.5 Å². The molecule has 1 saturated heterocycles. The highest BCUT2D eigenvalue weighted by Crippen LogP contribution is 2.35. The minimum absolute atomic E-state index is 0.0819. The van der Waals surface area contributed by atoms with Gasteiger partial charge in [0.2, 0.25) is 16.8 Å². The highest BCUT2D eigenvalue weighted by Gasteiger charge is 2.31. The molecule has 2 aliphatic rings. The SMILES string of the molecule is O=S(=O)(c1ccc2c(c1)OCO2)N1CCC(OCc2ccccc2)CC1. The Bertz CT molecular complexity index is 861. The van der Waals surface area contributed by atoms with Gasteiger partial charge in [-0.2, -0.15) is 4.31 Å². The zero-order chi connectivity index (χ0) is 18.0. The van der Waals surface area contributed by atoms with Gasteiger partial charge in [0.05, 0.1) is 17.6 Å². The summed E-state index contributed by atoms with van der Waals surface area (Å²) in [7, 11) is -3.53. The molecule has 0 N–H and O–H groups in total. The van der Waals surface area contributed by atoms with Gasteiger partial charge in [0, 0.05) is 19.2 Å². The van der Waals surface area contributed by atoms with Crippen LogP contribution in [0, 0.1) is 0 Å². The standard InChI is InChI=1S/C19H21NO5S/c21-26(22,17-6-7-18-19(12-17)25-14-24-18)20-10-8-16(9-11-20)23-13-15-4-2-1-3-5-15/h1-7,12,16H,8-11,13-14H2. The fraction of sp³-hybridized carbons (Fsp3) is 0.368. The second-order valence-electron chi connectivity index (χ2n) is 6.42. The number of benzene rings is 2. The Hall–Kier alpha value is -2.09. The van der Waals surface area contributed by atoms with Gasteiger partial charge >= 0.3 is 0 Å². The summed E-state index contributed by atoms with van der Waals surface area (Å²) < 4.78 is 43.7. The van der Waals surface area contributed by atoms with Crippen LogP contribution in [0.5, 0.6) is 11.5 Å². The van der Waals surface area contributed by atoms with Gasteiger partial charge in [0.25, 0.3) is 0 Å². The van der Waals surface area contributed by atoms with Crippen LogP contribution in [-0.4, -0.2) is 38.7 Å². The van der Waals surface area contributed by atoms with E-state index in [1.807, 2.05) is 30.3 Å². The van der Waals surface area contributed by atoms with E-state index in [0.29, 0.717) is 44.0 Å². The van der Waals surface area contributed by atoms with Crippen LogP contribution >= 0.6 is 0 Å². The lowest BCUT2D eigenvalue weighted by atomic mass is 10.1. The summed E-state index contributed by atoms with van der Waals surface area (Å²) in [6.45, 7) is 1.59. The molecule has 2 aromatic carbocycles. The van der Waals surface area contributed by atoms with E-state index in [1.54, 1.807) is 12.1 Å². The van der Waals surface area contributed by atoms with Gasteiger partial charge in [-0.1, -0.05) is 30.3 Å². The molecular formula is C19H21NO5S. The van der Waals surface area contributed by atoms with Crippen molar-refractivity contribution < 1.29 is 22.6 Å². The van der Waals surface area contributed by atoms with E-state index in [0.717, 1.165) is 5.56 Å². The van der Waals surface area contributed by atoms with E-state index in [2.05, 4.69) is 0 Å². The number of hydrogen-bond donors (Lipinski definition) is 0. The van der Waals surface area contributed by atoms with Crippen molar-refractivity contribution in [1.29, 1.82) is 0 Å². The topological polar surface area (TPSA) is 65.1 Å². The van der Waals surface area contributed by atoms with Crippen molar-refractivity contribution in [3.63, 3.8) is 0 Å². The van der Waals surface area contributed by atoms with Crippen LogP contribution in [0.1, 0.15) is 18.4 Å². The summed E-state index contributed by atoms with van der Waals surface area (Å²) in [6, 6.07) is 14.8. The number of sulfonamides is 1. The predicted molar refractivity (Wildman–Crippen MR) is 95.6 cm³/mol. The molecule has 0 radical (unpaired) electrons. The number of piperidine rings is 1. The maximum Gasteiger partial charge on any atom is 0.243 e. The average molecular weight is 375 g/mol. The quantitative estimate of drug-likeness (QED) is 0.804. The number of hydrogen-bond acceptors (Lipinski definition) is 5. The minimum atomic E-state index is -3.53. The molecule has 2 aliphatic heterocycles. The van der Waals surface area contributed by atoms with E-state index < -0.39 is 10.0 Å². The van der Waals surface area contributed by atoms with E-state index in [-0.39, 0.29) is 17.8 Å². The molecule has 2 heterocycles. The Morgan fingerprint density at radius 3 is 2.50 bits per heavy atom. The first-order chi connectivity index (χ1) is 12.6. The lowest BCUT2D eigenvalue weighted by molar-refractivity contribution is 0.0102. The summed E-state index contributed by atoms with van der Waals surface area (Å²) in [5.74, 6) is 1.06. The van der Waals surface area contributed by atoms with Gasteiger partial charge in [0.15, 0.2) is 11.5 Å². The summed E-state index contributed by atoms with van der Waals surface area (Å²) >= 11 is 0. The molecule has 2 aromatic rings. The molecule has 0 saturated carbocycles. The maximum absolute atomic E-state index is 12.9. The fourth-order valence-corrected chi connectivity index (χ4v) is 4.70. The van der Waals surface area contributed by atoms with Gasteiger partial charge < -0.3 is 14.2 Å². The molecule has 4 rings (SSSR count). The van der Waals surface area contributed by atoms with Crippen molar-refractivity contribution in [3.05, 3.63) is 54.1 Å². The molecule has 6 nitrogen and oxygen atoms in total. The summed E-state index contributed by atoms with van der Waals surface area (Å²) in [4.78, 5) is 0.241. The first-order valence-electron chi connectivity index (χ1n) is 8.68. The van der Waals surface area contributed by atoms with Crippen LogP contribution in [0.2, 0.25) is 0 Å². The maximum atomic E-state index is 12.9. The first-order valence-corrected chi connectivity index (χ1v) is 10.1. The molecule has 138 valence electrons. The molecule has 0 unspecified atom stereocenters. The molecule has 1 fully saturated rings. The molecule has 0 aliphatic carbocycles. The average Bonchev–Trinajstić information content (AvgIpc) is 3.15. The Balaban J connectivity index is 1.36. The van der Waals surface area contributed by atoms with Crippen LogP contribution in [0.3, 0.4) is 0 Å². The fourth-order valence-electron chi connectivity index (χ4n) is 3.21. The molecule has 0 amide bonds. The Kier molecular flexibility index (Phi) is 4.84. The van der Waals surface area contributed by atoms with Gasteiger partial charge in [0.1, 0.15) is 0 Å². The van der Waals surface area contributed by atoms with Crippen LogP contribution < -0.4 is 9.47 Å². The van der Waals surface area contributed by atoms with E-state index >= 15 is 0 Å². The number of ether oxygens (including phenoxy) is 3. The largest absolute Gasteiger partial charge is 0.454 e. The smallest absolute Gasteiger partial charge is 0.243 e. The number of fused-ring (bicyclic) bond motifs is 1. The number of nitrogens with zero attached hydrogens (tertiary/aromatic N) is 1. The van der Waals surface area contributed by atoms with E-state index in [9.17, 15) is 8.42 Å². The number of rotatable bonds is 5. The first kappa shape index (κ1) is 17.3. The summed E-state index contributed by atoms with van der Waals surface area (Å²) in [5, 5.41) is 0. The molecule has 7 heteroatoms. The van der Waals surface area contributed by atoms with Crippen LogP contribution in [0.15, 0.2) is 53.4 Å². The summed E-state index contributed by atoms with van der Waals surface area (Å²) in [5.41, 5.74) is 1.13. The van der Waals surface area contributed by atoms with Gasteiger partial charge in [-0.05, 0) is 30.5 Å². The van der Waals surface area contributed by atoms with Crippen molar-refractivity contribution in [2.24, 2.45) is 0 Å². The van der Waals surface area contributed by atoms with Gasteiger partial charge in [-0.25, -0.2) is 8.42 Å². The van der Waals surface area contributed by atoms with Crippen molar-refractivity contribution in [2.45, 2.75) is 30.4 Å². The highest BCUT2D eigenvalue weighted by molar-refractivity contribution is 7.89. The summed E-state index contributed by atoms with van der Waals surface area (Å²) in [6.07, 6.45) is 1.46. The Morgan fingerprint density at radius 2 is 1.73 bits per heavy atom. The molecule has 0 atom stereocenters. The molecular weight excluding hydrogens is 354 g/mol. The van der Waals surface area contributed by atoms with Crippen molar-refractivity contribution in [1.82, 2.24) is 4.31 Å². The van der Waals surface area contributed by atoms with Crippen molar-refractivity contribution in [2.75, 3.05) is 19.9 Å². The molecule has 0 bridgehead atoms. The lowest BCUT2D eigenvalue weighted by Crippen LogP contribution is -2.40. The normalized spacial score (nSPS) is 18.2. The minimum Gasteiger partial charge on any atom is -0.454 e. The van der Waals surface area contributed by atoms with Gasteiger partial charge in [-0.3, -0.25) is 0 Å². The molecule has 0 aromatic heterocycles. The zero-order valence-electron chi connectivity index (χ0n) is 14.3. The monoisotopic (exact) mass is 375 g/mol. The molecule has 26 heavy (non-hydrogen) atoms. The van der Waals surface area contributed by atoms with Crippen LogP contribution in [-0.2, 0) is 21.4 Å². The zero-order valence-corrected chi connectivity index (χ0v) is 15.2. The second-order valence-corrected chi connectivity index (χ2v) is 8.35. The Labute approximate surface area is 153 Å². The third kappa shape index (κ3) is 3.56. The van der Waals surface area contributed by atoms with E-state index in [1.165, 1.54) is 10.4 Å². The third-order valence-corrected chi connectivity index (χ3v) is 6.61. The second kappa shape index (κ2) is 7.26. The Morgan fingerprint density at radius 1 is 1.00 bits per heavy atom. The van der Waals surface area contributed by atoms with E-state index in [4.69, 9.17) is 14.2 Å². The molecule has 0 spiro atoms. The van der Waals surface area contributed by atoms with Crippen LogP contribution in [0.4, 0.5) is 0 Å². The highest BCUT2D eigenvalue weighted by atomic mass is 32.2. The van der Waals surface area contributed by atoms with Gasteiger partial charge in [-0.15, -0.1) is 0 Å². The lowest BCUT2D eigenvalue weighted by Gasteiger charge is -2.31. The van der Waals surface area contributed by atoms with Crippen LogP contribution in [0.25, 0.3) is 0 Å².